The van der Waals surface area contributed by atoms with Gasteiger partial charge in [-0.3, -0.25) is 19.1 Å². The Hall–Kier alpha value is -1.77. The minimum atomic E-state index is -0.904. The Kier molecular flexibility index (Phi) is 3.41. The molecule has 2 heterocycles. The second-order valence-electron chi connectivity index (χ2n) is 3.98. The van der Waals surface area contributed by atoms with Crippen molar-refractivity contribution < 1.29 is 19.7 Å². The first kappa shape index (κ1) is 12.7. The van der Waals surface area contributed by atoms with Gasteiger partial charge in [-0.25, -0.2) is 4.79 Å². The number of H-pyrrole nitrogens is 1. The third-order valence-corrected chi connectivity index (χ3v) is 2.82. The second kappa shape index (κ2) is 4.84. The first-order valence-corrected chi connectivity index (χ1v) is 5.32. The van der Waals surface area contributed by atoms with Crippen LogP contribution in [0.2, 0.25) is 0 Å². The number of ether oxygens (including phenoxy) is 1. The summed E-state index contributed by atoms with van der Waals surface area (Å²) in [6.45, 7) is -0.379. The van der Waals surface area contributed by atoms with E-state index in [0.29, 0.717) is 6.29 Å². The van der Waals surface area contributed by atoms with Crippen molar-refractivity contribution in [1.82, 2.24) is 9.55 Å². The summed E-state index contributed by atoms with van der Waals surface area (Å²) in [6, 6.07) is 0. The average Bonchev–Trinajstić information content (AvgIpc) is 2.70. The van der Waals surface area contributed by atoms with Crippen molar-refractivity contribution in [3.8, 4) is 0 Å². The Morgan fingerprint density at radius 1 is 1.56 bits per heavy atom. The van der Waals surface area contributed by atoms with Crippen LogP contribution < -0.4 is 11.2 Å². The molecule has 8 nitrogen and oxygen atoms in total. The molecule has 0 spiro atoms. The number of aromatic amines is 1. The van der Waals surface area contributed by atoms with Gasteiger partial charge in [-0.15, -0.1) is 0 Å². The summed E-state index contributed by atoms with van der Waals surface area (Å²) in [4.78, 5) is 35.4. The number of hydrogen-bond donors (Lipinski definition) is 3. The van der Waals surface area contributed by atoms with E-state index in [1.807, 2.05) is 4.98 Å². The summed E-state index contributed by atoms with van der Waals surface area (Å²) < 4.78 is 6.27. The van der Waals surface area contributed by atoms with Crippen LogP contribution in [0.25, 0.3) is 0 Å². The van der Waals surface area contributed by atoms with Crippen molar-refractivity contribution in [2.24, 2.45) is 0 Å². The van der Waals surface area contributed by atoms with Crippen molar-refractivity contribution in [2.45, 2.75) is 24.9 Å². The molecular formula is C10H12N2O6. The van der Waals surface area contributed by atoms with Crippen molar-refractivity contribution in [3.63, 3.8) is 0 Å². The number of aldehydes is 1. The molecule has 1 saturated heterocycles. The number of aliphatic hydroxyl groups is 2. The Morgan fingerprint density at radius 3 is 2.83 bits per heavy atom. The van der Waals surface area contributed by atoms with E-state index < -0.39 is 29.7 Å². The summed E-state index contributed by atoms with van der Waals surface area (Å²) in [5, 5.41) is 18.5. The van der Waals surface area contributed by atoms with E-state index in [1.54, 1.807) is 0 Å². The van der Waals surface area contributed by atoms with E-state index in [-0.39, 0.29) is 18.6 Å². The molecule has 1 fully saturated rings. The maximum Gasteiger partial charge on any atom is 0.330 e. The zero-order valence-electron chi connectivity index (χ0n) is 9.28. The molecule has 2 rings (SSSR count). The Bertz CT molecular complexity index is 562. The molecule has 1 aliphatic rings. The maximum atomic E-state index is 11.6. The minimum Gasteiger partial charge on any atom is -0.394 e. The number of hydrogen-bond acceptors (Lipinski definition) is 6. The number of nitrogens with zero attached hydrogens (tertiary/aromatic N) is 1. The highest BCUT2D eigenvalue weighted by atomic mass is 16.5. The van der Waals surface area contributed by atoms with Gasteiger partial charge < -0.3 is 14.9 Å². The van der Waals surface area contributed by atoms with E-state index in [9.17, 15) is 19.5 Å². The average molecular weight is 256 g/mol. The van der Waals surface area contributed by atoms with Gasteiger partial charge >= 0.3 is 5.69 Å². The van der Waals surface area contributed by atoms with Gasteiger partial charge in [0.15, 0.2) is 6.29 Å². The number of nitrogens with one attached hydrogen (secondary N) is 1. The van der Waals surface area contributed by atoms with Gasteiger partial charge in [0.2, 0.25) is 0 Å². The molecule has 1 aromatic rings. The predicted molar refractivity (Wildman–Crippen MR) is 58.3 cm³/mol. The fraction of sp³-hybridized carbons (Fsp3) is 0.500. The van der Waals surface area contributed by atoms with Crippen LogP contribution in [0.5, 0.6) is 0 Å². The van der Waals surface area contributed by atoms with Gasteiger partial charge in [0.25, 0.3) is 5.56 Å². The number of carbonyl (C=O) groups excluding carboxylic acids is 1. The Morgan fingerprint density at radius 2 is 2.28 bits per heavy atom. The van der Waals surface area contributed by atoms with E-state index >= 15 is 0 Å². The van der Waals surface area contributed by atoms with Gasteiger partial charge in [0.1, 0.15) is 12.3 Å². The van der Waals surface area contributed by atoms with Crippen molar-refractivity contribution in [3.05, 3.63) is 32.6 Å². The SMILES string of the molecule is O=Cc1cn(C2C[C@H](O)[C@@H](CO)O2)c(=O)[nH]c1=O. The van der Waals surface area contributed by atoms with E-state index in [0.717, 1.165) is 10.8 Å². The van der Waals surface area contributed by atoms with Gasteiger partial charge in [0.05, 0.1) is 18.3 Å². The van der Waals surface area contributed by atoms with E-state index in [2.05, 4.69) is 0 Å². The van der Waals surface area contributed by atoms with E-state index in [4.69, 9.17) is 9.84 Å². The standard InChI is InChI=1S/C10H12N2O6/c13-3-5-2-12(10(17)11-9(5)16)8-1-6(15)7(4-14)18-8/h2-3,6-8,14-15H,1,4H2,(H,11,16,17)/t6-,7+,8?/m0/s1. The van der Waals surface area contributed by atoms with E-state index in [1.165, 1.54) is 0 Å². The number of carbonyl (C=O) groups is 1. The summed E-state index contributed by atoms with van der Waals surface area (Å²) in [7, 11) is 0. The molecule has 0 bridgehead atoms. The van der Waals surface area contributed by atoms with Crippen LogP contribution in [0.1, 0.15) is 23.0 Å². The summed E-state index contributed by atoms with van der Waals surface area (Å²) in [5.74, 6) is 0. The molecule has 18 heavy (non-hydrogen) atoms. The normalized spacial score (nSPS) is 27.3. The lowest BCUT2D eigenvalue weighted by atomic mass is 10.2. The summed E-state index contributed by atoms with van der Waals surface area (Å²) in [5.41, 5.74) is -1.72. The zero-order valence-corrected chi connectivity index (χ0v) is 9.28. The molecule has 3 N–H and O–H groups in total. The van der Waals surface area contributed by atoms with Crippen molar-refractivity contribution >= 4 is 6.29 Å². The molecular weight excluding hydrogens is 244 g/mol. The van der Waals surface area contributed by atoms with Crippen LogP contribution in [0.3, 0.4) is 0 Å². The number of rotatable bonds is 3. The quantitative estimate of drug-likeness (QED) is 0.537. The molecule has 0 saturated carbocycles. The van der Waals surface area contributed by atoms with Crippen LogP contribution >= 0.6 is 0 Å². The maximum absolute atomic E-state index is 11.6. The van der Waals surface area contributed by atoms with Crippen LogP contribution in [-0.4, -0.2) is 44.9 Å². The van der Waals surface area contributed by atoms with Gasteiger partial charge in [-0.2, -0.15) is 0 Å². The monoisotopic (exact) mass is 256 g/mol. The van der Waals surface area contributed by atoms with Crippen LogP contribution in [-0.2, 0) is 4.74 Å². The highest BCUT2D eigenvalue weighted by Crippen LogP contribution is 2.27. The van der Waals surface area contributed by atoms with Gasteiger partial charge in [-0.05, 0) is 0 Å². The van der Waals surface area contributed by atoms with Crippen molar-refractivity contribution in [1.29, 1.82) is 0 Å². The molecule has 8 heteroatoms. The molecule has 1 aromatic heterocycles. The highest BCUT2D eigenvalue weighted by Gasteiger charge is 2.35. The minimum absolute atomic E-state index is 0.0927. The zero-order chi connectivity index (χ0) is 13.3. The molecule has 98 valence electrons. The predicted octanol–water partition coefficient (Wildman–Crippen LogP) is -2.01. The smallest absolute Gasteiger partial charge is 0.330 e. The summed E-state index contributed by atoms with van der Waals surface area (Å²) in [6.07, 6.45) is -1.02. The molecule has 1 unspecified atom stereocenters. The third kappa shape index (κ3) is 2.13. The molecule has 1 aliphatic heterocycles. The van der Waals surface area contributed by atoms with Gasteiger partial charge in [0, 0.05) is 12.6 Å². The van der Waals surface area contributed by atoms with Gasteiger partial charge in [-0.1, -0.05) is 0 Å². The highest BCUT2D eigenvalue weighted by molar-refractivity contribution is 5.73. The topological polar surface area (TPSA) is 122 Å². The second-order valence-corrected chi connectivity index (χ2v) is 3.98. The molecule has 0 aromatic carbocycles. The lowest BCUT2D eigenvalue weighted by Gasteiger charge is -2.14. The molecule has 0 radical (unpaired) electrons. The van der Waals surface area contributed by atoms with Crippen molar-refractivity contribution in [2.75, 3.05) is 6.61 Å². The first-order valence-electron chi connectivity index (χ1n) is 5.32. The Balaban J connectivity index is 2.38. The fourth-order valence-corrected chi connectivity index (χ4v) is 1.85. The first-order chi connectivity index (χ1) is 8.56. The summed E-state index contributed by atoms with van der Waals surface area (Å²) >= 11 is 0. The number of aromatic nitrogens is 2. The molecule has 0 amide bonds. The third-order valence-electron chi connectivity index (χ3n) is 2.82. The largest absolute Gasteiger partial charge is 0.394 e. The van der Waals surface area contributed by atoms with Crippen LogP contribution in [0, 0.1) is 0 Å². The molecule has 3 atom stereocenters. The van der Waals surface area contributed by atoms with Crippen LogP contribution in [0.15, 0.2) is 15.8 Å². The number of aliphatic hydroxyl groups excluding tert-OH is 2. The van der Waals surface area contributed by atoms with Crippen LogP contribution in [0.4, 0.5) is 0 Å². The lowest BCUT2D eigenvalue weighted by Crippen LogP contribution is -2.34. The fourth-order valence-electron chi connectivity index (χ4n) is 1.85. The lowest BCUT2D eigenvalue weighted by molar-refractivity contribution is -0.0459. The molecule has 0 aliphatic carbocycles. The Labute approximate surface area is 100 Å².